The van der Waals surface area contributed by atoms with E-state index in [-0.39, 0.29) is 16.7 Å². The molecule has 7 heteroatoms. The molecule has 0 bridgehead atoms. The van der Waals surface area contributed by atoms with E-state index in [9.17, 15) is 13.2 Å². The molecule has 0 saturated carbocycles. The first kappa shape index (κ1) is 27.7. The zero-order valence-corrected chi connectivity index (χ0v) is 24.1. The van der Waals surface area contributed by atoms with Crippen molar-refractivity contribution in [3.8, 4) is 0 Å². The predicted molar refractivity (Wildman–Crippen MR) is 175 cm³/mol. The van der Waals surface area contributed by atoms with Crippen molar-refractivity contribution in [2.75, 3.05) is 9.80 Å². The van der Waals surface area contributed by atoms with E-state index in [0.717, 1.165) is 56.1 Å². The van der Waals surface area contributed by atoms with Gasteiger partial charge in [0, 0.05) is 49.8 Å². The number of nitrogens with zero attached hydrogens (tertiary/aromatic N) is 2. The average molecular weight is 603 g/mol. The molecule has 7 rings (SSSR count). The fraction of sp³-hybridized carbons (Fsp3) is 0.0270. The number of alkyl halides is 3. The predicted octanol–water partition coefficient (Wildman–Crippen LogP) is 12.1. The maximum atomic E-state index is 13.0. The molecule has 0 atom stereocenters. The third-order valence-electron chi connectivity index (χ3n) is 7.34. The van der Waals surface area contributed by atoms with Crippen LogP contribution in [0, 0.1) is 0 Å². The lowest BCUT2D eigenvalue weighted by Gasteiger charge is -2.28. The van der Waals surface area contributed by atoms with E-state index >= 15 is 0 Å². The van der Waals surface area contributed by atoms with Crippen molar-refractivity contribution in [1.82, 2.24) is 0 Å². The lowest BCUT2D eigenvalue weighted by Crippen LogP contribution is -2.12. The van der Waals surface area contributed by atoms with Gasteiger partial charge in [0.1, 0.15) is 11.2 Å². The first-order chi connectivity index (χ1) is 21.4. The summed E-state index contributed by atoms with van der Waals surface area (Å²) in [6.45, 7) is 0. The molecule has 1 aromatic heterocycles. The molecule has 0 N–H and O–H groups in total. The third-order valence-corrected chi connectivity index (χ3v) is 8.08. The van der Waals surface area contributed by atoms with Crippen LogP contribution < -0.4 is 9.80 Å². The van der Waals surface area contributed by atoms with Gasteiger partial charge in [0.2, 0.25) is 0 Å². The van der Waals surface area contributed by atoms with Crippen LogP contribution in [0.1, 0.15) is 0 Å². The molecule has 216 valence electrons. The molecule has 0 fully saturated rings. The maximum absolute atomic E-state index is 13.0. The van der Waals surface area contributed by atoms with Gasteiger partial charge in [-0.15, -0.1) is 0 Å². The Bertz CT molecular complexity index is 2020. The Kier molecular flexibility index (Phi) is 7.24. The maximum Gasteiger partial charge on any atom is 0.446 e. The molecule has 6 aromatic carbocycles. The zero-order chi connectivity index (χ0) is 30.1. The van der Waals surface area contributed by atoms with Crippen molar-refractivity contribution in [1.29, 1.82) is 0 Å². The van der Waals surface area contributed by atoms with Gasteiger partial charge in [0.25, 0.3) is 0 Å². The van der Waals surface area contributed by atoms with Gasteiger partial charge in [-0.2, -0.15) is 13.2 Å². The molecule has 7 aromatic rings. The van der Waals surface area contributed by atoms with Gasteiger partial charge < -0.3 is 14.2 Å². The Balaban J connectivity index is 1.29. The first-order valence-corrected chi connectivity index (χ1v) is 14.8. The number of anilines is 6. The monoisotopic (exact) mass is 602 g/mol. The Hall–Kier alpha value is -5.14. The number of benzene rings is 6. The van der Waals surface area contributed by atoms with Crippen LogP contribution >= 0.6 is 11.8 Å². The second kappa shape index (κ2) is 11.5. The highest BCUT2D eigenvalue weighted by Crippen LogP contribution is 2.42. The van der Waals surface area contributed by atoms with E-state index in [4.69, 9.17) is 4.42 Å². The summed E-state index contributed by atoms with van der Waals surface area (Å²) in [6, 6.07) is 48.8. The van der Waals surface area contributed by atoms with Gasteiger partial charge in [0.15, 0.2) is 0 Å². The largest absolute Gasteiger partial charge is 0.456 e. The van der Waals surface area contributed by atoms with E-state index in [1.54, 1.807) is 12.1 Å². The van der Waals surface area contributed by atoms with Gasteiger partial charge >= 0.3 is 5.51 Å². The second-order valence-corrected chi connectivity index (χ2v) is 11.3. The summed E-state index contributed by atoms with van der Waals surface area (Å²) in [4.78, 5) is 4.37. The van der Waals surface area contributed by atoms with Gasteiger partial charge in [0.05, 0.1) is 0 Å². The van der Waals surface area contributed by atoms with Crippen molar-refractivity contribution < 1.29 is 17.6 Å². The van der Waals surface area contributed by atoms with Crippen LogP contribution in [0.5, 0.6) is 0 Å². The molecule has 1 heterocycles. The molecule has 0 saturated heterocycles. The quantitative estimate of drug-likeness (QED) is 0.169. The fourth-order valence-electron chi connectivity index (χ4n) is 5.45. The number of thioether (sulfide) groups is 1. The highest BCUT2D eigenvalue weighted by molar-refractivity contribution is 8.00. The van der Waals surface area contributed by atoms with E-state index in [0.29, 0.717) is 0 Å². The van der Waals surface area contributed by atoms with Crippen LogP contribution in [0.3, 0.4) is 0 Å². The molecule has 3 nitrogen and oxygen atoms in total. The van der Waals surface area contributed by atoms with Crippen LogP contribution in [0.4, 0.5) is 47.3 Å². The van der Waals surface area contributed by atoms with Crippen LogP contribution in [0.15, 0.2) is 161 Å². The van der Waals surface area contributed by atoms with Gasteiger partial charge in [-0.1, -0.05) is 54.6 Å². The third kappa shape index (κ3) is 5.62. The Morgan fingerprint density at radius 2 is 0.864 bits per heavy atom. The summed E-state index contributed by atoms with van der Waals surface area (Å²) in [7, 11) is 0. The number of furan rings is 1. The number of hydrogen-bond acceptors (Lipinski definition) is 4. The molecule has 0 amide bonds. The van der Waals surface area contributed by atoms with Crippen LogP contribution in [-0.4, -0.2) is 5.51 Å². The molecule has 0 unspecified atom stereocenters. The van der Waals surface area contributed by atoms with E-state index in [1.165, 1.54) is 12.1 Å². The summed E-state index contributed by atoms with van der Waals surface area (Å²) in [5, 5.41) is 2.10. The summed E-state index contributed by atoms with van der Waals surface area (Å²) in [6.07, 6.45) is 0. The summed E-state index contributed by atoms with van der Waals surface area (Å²) < 4.78 is 44.9. The van der Waals surface area contributed by atoms with Crippen molar-refractivity contribution in [3.05, 3.63) is 152 Å². The topological polar surface area (TPSA) is 19.6 Å². The van der Waals surface area contributed by atoms with E-state index in [1.807, 2.05) is 89.8 Å². The summed E-state index contributed by atoms with van der Waals surface area (Å²) >= 11 is -0.115. The highest BCUT2D eigenvalue weighted by Gasteiger charge is 2.29. The van der Waals surface area contributed by atoms with Crippen molar-refractivity contribution in [2.24, 2.45) is 0 Å². The minimum Gasteiger partial charge on any atom is -0.456 e. The molecular weight excluding hydrogens is 577 g/mol. The van der Waals surface area contributed by atoms with E-state index < -0.39 is 5.51 Å². The Labute approximate surface area is 256 Å². The minimum atomic E-state index is -4.34. The van der Waals surface area contributed by atoms with Crippen molar-refractivity contribution in [2.45, 2.75) is 10.4 Å². The number of rotatable bonds is 7. The second-order valence-electron chi connectivity index (χ2n) is 10.2. The molecule has 44 heavy (non-hydrogen) atoms. The number of hydrogen-bond donors (Lipinski definition) is 0. The lowest BCUT2D eigenvalue weighted by molar-refractivity contribution is -0.0328. The van der Waals surface area contributed by atoms with Crippen LogP contribution in [0.25, 0.3) is 21.9 Å². The van der Waals surface area contributed by atoms with Crippen molar-refractivity contribution >= 4 is 67.8 Å². The highest BCUT2D eigenvalue weighted by atomic mass is 32.2. The fourth-order valence-corrected chi connectivity index (χ4v) is 5.99. The van der Waals surface area contributed by atoms with E-state index in [2.05, 4.69) is 47.4 Å². The van der Waals surface area contributed by atoms with Gasteiger partial charge in [-0.05, 0) is 109 Å². The molecule has 0 aliphatic heterocycles. The Morgan fingerprint density at radius 3 is 1.43 bits per heavy atom. The lowest BCUT2D eigenvalue weighted by atomic mass is 10.1. The minimum absolute atomic E-state index is 0.115. The van der Waals surface area contributed by atoms with Crippen LogP contribution in [-0.2, 0) is 0 Å². The van der Waals surface area contributed by atoms with Gasteiger partial charge in [-0.25, -0.2) is 0 Å². The molecule has 0 spiro atoms. The van der Waals surface area contributed by atoms with Gasteiger partial charge in [-0.3, -0.25) is 0 Å². The summed E-state index contributed by atoms with van der Waals surface area (Å²) in [5.41, 5.74) is 2.82. The Morgan fingerprint density at radius 1 is 0.432 bits per heavy atom. The van der Waals surface area contributed by atoms with Crippen LogP contribution in [0.2, 0.25) is 0 Å². The number of halogens is 3. The number of para-hydroxylation sites is 3. The SMILES string of the molecule is FC(F)(F)Sc1ccc(N(c2ccccc2)c2ccc(N(c3ccccc3)c3ccc4oc5ccccc5c4c3)cc2)cc1. The molecular formula is C37H25F3N2OS. The normalized spacial score (nSPS) is 11.6. The van der Waals surface area contributed by atoms with Crippen molar-refractivity contribution in [3.63, 3.8) is 0 Å². The first-order valence-electron chi connectivity index (χ1n) is 14.0. The number of fused-ring (bicyclic) bond motifs is 3. The molecule has 0 aliphatic rings. The standard InChI is InChI=1S/C37H25F3N2OS/c38-37(39,40)44-32-22-19-30(20-23-32)41(26-9-3-1-4-10-26)28-15-17-29(18-16-28)42(27-11-5-2-6-12-27)31-21-24-36-34(25-31)33-13-7-8-14-35(33)43-36/h1-25H. The average Bonchev–Trinajstić information content (AvgIpc) is 3.41. The molecule has 0 aliphatic carbocycles. The smallest absolute Gasteiger partial charge is 0.446 e. The molecule has 0 radical (unpaired) electrons. The summed E-state index contributed by atoms with van der Waals surface area (Å²) in [5.74, 6) is 0. The zero-order valence-electron chi connectivity index (χ0n) is 23.3.